The molecule has 0 atom stereocenters. The molecule has 4 heteroatoms. The third-order valence-corrected chi connectivity index (χ3v) is 1.07. The molecule has 1 aromatic heterocycles. The Balaban J connectivity index is 2.35. The predicted molar refractivity (Wildman–Crippen MR) is 36.0 cm³/mol. The quantitative estimate of drug-likeness (QED) is 0.625. The van der Waals surface area contributed by atoms with Gasteiger partial charge in [0.05, 0.1) is 13.0 Å². The summed E-state index contributed by atoms with van der Waals surface area (Å²) in [6, 6.07) is 0. The van der Waals surface area contributed by atoms with E-state index in [2.05, 4.69) is 10.3 Å². The Kier molecular flexibility index (Phi) is 2.04. The SMILES string of the molecule is CC(=O)NCn1ccnc1. The van der Waals surface area contributed by atoms with Crippen LogP contribution in [-0.2, 0) is 11.5 Å². The summed E-state index contributed by atoms with van der Waals surface area (Å²) in [5.74, 6) is -0.0336. The minimum atomic E-state index is -0.0336. The molecule has 1 aromatic rings. The lowest BCUT2D eigenvalue weighted by Crippen LogP contribution is -2.22. The second-order valence-corrected chi connectivity index (χ2v) is 1.97. The largest absolute Gasteiger partial charge is 0.338 e. The fourth-order valence-corrected chi connectivity index (χ4v) is 0.583. The van der Waals surface area contributed by atoms with E-state index in [0.717, 1.165) is 0 Å². The molecule has 0 aliphatic carbocycles. The first-order valence-electron chi connectivity index (χ1n) is 2.99. The molecule has 0 aliphatic heterocycles. The van der Waals surface area contributed by atoms with Crippen LogP contribution < -0.4 is 5.32 Å². The van der Waals surface area contributed by atoms with Crippen LogP contribution in [0.2, 0.25) is 0 Å². The summed E-state index contributed by atoms with van der Waals surface area (Å²) in [4.78, 5) is 14.2. The van der Waals surface area contributed by atoms with Crippen LogP contribution in [0.15, 0.2) is 18.7 Å². The maximum absolute atomic E-state index is 10.4. The number of rotatable bonds is 2. The molecule has 1 amide bonds. The standard InChI is InChI=1S/C6H9N3O/c1-6(10)8-5-9-3-2-7-4-9/h2-4H,5H2,1H3,(H,8,10). The zero-order valence-electron chi connectivity index (χ0n) is 5.74. The summed E-state index contributed by atoms with van der Waals surface area (Å²) in [6.45, 7) is 1.98. The third-order valence-electron chi connectivity index (χ3n) is 1.07. The minimum absolute atomic E-state index is 0.0336. The maximum atomic E-state index is 10.4. The highest BCUT2D eigenvalue weighted by atomic mass is 16.1. The number of nitrogens with zero attached hydrogens (tertiary/aromatic N) is 2. The van der Waals surface area contributed by atoms with Crippen molar-refractivity contribution in [3.63, 3.8) is 0 Å². The van der Waals surface area contributed by atoms with Crippen LogP contribution in [0.3, 0.4) is 0 Å². The Labute approximate surface area is 58.9 Å². The first-order valence-corrected chi connectivity index (χ1v) is 2.99. The van der Waals surface area contributed by atoms with Gasteiger partial charge in [0.2, 0.25) is 5.91 Å². The number of nitrogens with one attached hydrogen (secondary N) is 1. The zero-order valence-corrected chi connectivity index (χ0v) is 5.74. The van der Waals surface area contributed by atoms with E-state index in [9.17, 15) is 4.79 Å². The van der Waals surface area contributed by atoms with E-state index in [1.165, 1.54) is 6.92 Å². The molecule has 1 rings (SSSR count). The Hall–Kier alpha value is -1.32. The maximum Gasteiger partial charge on any atom is 0.218 e. The van der Waals surface area contributed by atoms with Crippen molar-refractivity contribution in [3.05, 3.63) is 18.7 Å². The predicted octanol–water partition coefficient (Wildman–Crippen LogP) is -0.0233. The molecule has 1 N–H and O–H groups in total. The topological polar surface area (TPSA) is 46.9 Å². The molecular formula is C6H9N3O. The molecule has 10 heavy (non-hydrogen) atoms. The van der Waals surface area contributed by atoms with Gasteiger partial charge in [-0.05, 0) is 0 Å². The molecule has 0 saturated heterocycles. The van der Waals surface area contributed by atoms with Crippen LogP contribution >= 0.6 is 0 Å². The van der Waals surface area contributed by atoms with Gasteiger partial charge in [0.25, 0.3) is 0 Å². The van der Waals surface area contributed by atoms with Crippen molar-refractivity contribution in [1.82, 2.24) is 14.9 Å². The summed E-state index contributed by atoms with van der Waals surface area (Å²) >= 11 is 0. The van der Waals surface area contributed by atoms with Crippen molar-refractivity contribution < 1.29 is 4.79 Å². The van der Waals surface area contributed by atoms with E-state index >= 15 is 0 Å². The van der Waals surface area contributed by atoms with E-state index in [1.54, 1.807) is 23.3 Å². The Morgan fingerprint density at radius 2 is 2.60 bits per heavy atom. The van der Waals surface area contributed by atoms with Gasteiger partial charge in [0.15, 0.2) is 0 Å². The van der Waals surface area contributed by atoms with Crippen molar-refractivity contribution in [3.8, 4) is 0 Å². The van der Waals surface area contributed by atoms with Crippen molar-refractivity contribution in [2.45, 2.75) is 13.6 Å². The lowest BCUT2D eigenvalue weighted by Gasteiger charge is -2.00. The lowest BCUT2D eigenvalue weighted by atomic mass is 10.7. The van der Waals surface area contributed by atoms with Crippen LogP contribution in [-0.4, -0.2) is 15.5 Å². The van der Waals surface area contributed by atoms with Crippen LogP contribution in [0.1, 0.15) is 6.92 Å². The monoisotopic (exact) mass is 139 g/mol. The number of carbonyl (C=O) groups is 1. The van der Waals surface area contributed by atoms with E-state index in [1.807, 2.05) is 0 Å². The molecule has 0 saturated carbocycles. The molecule has 0 fully saturated rings. The molecule has 0 aliphatic rings. The van der Waals surface area contributed by atoms with Crippen molar-refractivity contribution in [2.75, 3.05) is 0 Å². The van der Waals surface area contributed by atoms with Gasteiger partial charge < -0.3 is 9.88 Å². The summed E-state index contributed by atoms with van der Waals surface area (Å²) in [6.07, 6.45) is 5.10. The number of carbonyl (C=O) groups excluding carboxylic acids is 1. The zero-order chi connectivity index (χ0) is 7.40. The fraction of sp³-hybridized carbons (Fsp3) is 0.333. The van der Waals surface area contributed by atoms with Crippen molar-refractivity contribution >= 4 is 5.91 Å². The van der Waals surface area contributed by atoms with Crippen LogP contribution in [0.5, 0.6) is 0 Å². The van der Waals surface area contributed by atoms with Gasteiger partial charge in [0.1, 0.15) is 0 Å². The second-order valence-electron chi connectivity index (χ2n) is 1.97. The fourth-order valence-electron chi connectivity index (χ4n) is 0.583. The van der Waals surface area contributed by atoms with Gasteiger partial charge >= 0.3 is 0 Å². The van der Waals surface area contributed by atoms with Crippen molar-refractivity contribution in [1.29, 1.82) is 0 Å². The minimum Gasteiger partial charge on any atom is -0.338 e. The highest BCUT2D eigenvalue weighted by Crippen LogP contribution is 1.81. The molecule has 54 valence electrons. The second kappa shape index (κ2) is 3.00. The van der Waals surface area contributed by atoms with E-state index in [-0.39, 0.29) is 5.91 Å². The summed E-state index contributed by atoms with van der Waals surface area (Å²) < 4.78 is 1.78. The number of hydrogen-bond donors (Lipinski definition) is 1. The molecule has 0 radical (unpaired) electrons. The van der Waals surface area contributed by atoms with Gasteiger partial charge in [0, 0.05) is 19.3 Å². The average molecular weight is 139 g/mol. The average Bonchev–Trinajstić information content (AvgIpc) is 2.34. The van der Waals surface area contributed by atoms with Crippen LogP contribution in [0, 0.1) is 0 Å². The first kappa shape index (κ1) is 6.80. The highest BCUT2D eigenvalue weighted by molar-refractivity contribution is 5.72. The summed E-state index contributed by atoms with van der Waals surface area (Å²) in [7, 11) is 0. The first-order chi connectivity index (χ1) is 4.79. The number of amides is 1. The van der Waals surface area contributed by atoms with Crippen LogP contribution in [0.4, 0.5) is 0 Å². The molecule has 0 bridgehead atoms. The van der Waals surface area contributed by atoms with Crippen LogP contribution in [0.25, 0.3) is 0 Å². The highest BCUT2D eigenvalue weighted by Gasteiger charge is 1.89. The smallest absolute Gasteiger partial charge is 0.218 e. The molecular weight excluding hydrogens is 130 g/mol. The number of hydrogen-bond acceptors (Lipinski definition) is 2. The third kappa shape index (κ3) is 1.89. The molecule has 0 spiro atoms. The van der Waals surface area contributed by atoms with Gasteiger partial charge in [-0.15, -0.1) is 0 Å². The Morgan fingerprint density at radius 1 is 1.80 bits per heavy atom. The summed E-state index contributed by atoms with van der Waals surface area (Å²) in [5.41, 5.74) is 0. The molecule has 0 aromatic carbocycles. The van der Waals surface area contributed by atoms with E-state index in [4.69, 9.17) is 0 Å². The van der Waals surface area contributed by atoms with Gasteiger partial charge in [-0.3, -0.25) is 4.79 Å². The number of aromatic nitrogens is 2. The number of imidazole rings is 1. The van der Waals surface area contributed by atoms with Gasteiger partial charge in [-0.1, -0.05) is 0 Å². The van der Waals surface area contributed by atoms with E-state index < -0.39 is 0 Å². The molecule has 1 heterocycles. The Bertz CT molecular complexity index is 205. The Morgan fingerprint density at radius 3 is 3.10 bits per heavy atom. The lowest BCUT2D eigenvalue weighted by molar-refractivity contribution is -0.119. The summed E-state index contributed by atoms with van der Waals surface area (Å²) in [5, 5.41) is 2.63. The van der Waals surface area contributed by atoms with E-state index in [0.29, 0.717) is 6.67 Å². The normalized spacial score (nSPS) is 9.30. The van der Waals surface area contributed by atoms with Gasteiger partial charge in [-0.2, -0.15) is 0 Å². The molecule has 4 nitrogen and oxygen atoms in total. The van der Waals surface area contributed by atoms with Crippen molar-refractivity contribution in [2.24, 2.45) is 0 Å². The molecule has 0 unspecified atom stereocenters. The van der Waals surface area contributed by atoms with Gasteiger partial charge in [-0.25, -0.2) is 4.98 Å².